The molecule has 1 heterocycles. The van der Waals surface area contributed by atoms with Gasteiger partial charge in [-0.1, -0.05) is 31.4 Å². The van der Waals surface area contributed by atoms with Gasteiger partial charge < -0.3 is 16.0 Å². The van der Waals surface area contributed by atoms with Crippen LogP contribution in [-0.4, -0.2) is 54.0 Å². The Balaban J connectivity index is 1.54. The number of carbonyl (C=O) groups is 2. The van der Waals surface area contributed by atoms with Crippen molar-refractivity contribution in [3.63, 3.8) is 0 Å². The van der Waals surface area contributed by atoms with Crippen molar-refractivity contribution in [2.75, 3.05) is 31.5 Å². The maximum atomic E-state index is 12.6. The lowest BCUT2D eigenvalue weighted by atomic mass is 9.94. The van der Waals surface area contributed by atoms with Crippen LogP contribution in [-0.2, 0) is 11.2 Å². The molecule has 0 aromatic heterocycles. The minimum Gasteiger partial charge on any atom is -0.369 e. The fraction of sp³-hybridized carbons (Fsp3) is 0.600. The molecule has 0 unspecified atom stereocenters. The number of hydrogen-bond acceptors (Lipinski definition) is 3. The summed E-state index contributed by atoms with van der Waals surface area (Å²) in [5, 5.41) is 2.96. The third kappa shape index (κ3) is 5.21. The molecule has 2 aliphatic rings. The Morgan fingerprint density at radius 2 is 1.85 bits per heavy atom. The van der Waals surface area contributed by atoms with Crippen LogP contribution in [0.15, 0.2) is 24.3 Å². The molecule has 1 saturated carbocycles. The molecular formula is C20H30N4O2. The first-order chi connectivity index (χ1) is 12.6. The van der Waals surface area contributed by atoms with Gasteiger partial charge in [-0.25, -0.2) is 4.79 Å². The summed E-state index contributed by atoms with van der Waals surface area (Å²) in [5.74, 6) is -0.371. The highest BCUT2D eigenvalue weighted by Gasteiger charge is 2.25. The van der Waals surface area contributed by atoms with Gasteiger partial charge in [0.25, 0.3) is 0 Å². The Labute approximate surface area is 155 Å². The molecule has 6 nitrogen and oxygen atoms in total. The number of carbonyl (C=O) groups excluding carboxylic acids is 2. The normalized spacial score (nSPS) is 19.8. The van der Waals surface area contributed by atoms with E-state index in [0.717, 1.165) is 38.2 Å². The Hall–Kier alpha value is -2.08. The first-order valence-corrected chi connectivity index (χ1v) is 9.79. The van der Waals surface area contributed by atoms with Crippen molar-refractivity contribution in [1.82, 2.24) is 9.80 Å². The third-order valence-electron chi connectivity index (χ3n) is 5.47. The van der Waals surface area contributed by atoms with Crippen LogP contribution in [0.1, 0.15) is 44.1 Å². The van der Waals surface area contributed by atoms with Crippen LogP contribution in [0.4, 0.5) is 10.5 Å². The van der Waals surface area contributed by atoms with Gasteiger partial charge in [-0.2, -0.15) is 0 Å². The molecule has 2 fully saturated rings. The van der Waals surface area contributed by atoms with Gasteiger partial charge in [0.1, 0.15) is 0 Å². The van der Waals surface area contributed by atoms with E-state index in [2.05, 4.69) is 10.2 Å². The maximum absolute atomic E-state index is 12.6. The number of urea groups is 1. The average Bonchev–Trinajstić information content (AvgIpc) is 2.88. The van der Waals surface area contributed by atoms with E-state index in [0.29, 0.717) is 11.7 Å². The maximum Gasteiger partial charge on any atom is 0.321 e. The second-order valence-corrected chi connectivity index (χ2v) is 7.44. The number of rotatable bonds is 4. The summed E-state index contributed by atoms with van der Waals surface area (Å²) in [4.78, 5) is 28.2. The van der Waals surface area contributed by atoms with Crippen molar-refractivity contribution in [1.29, 1.82) is 0 Å². The lowest BCUT2D eigenvalue weighted by molar-refractivity contribution is -0.117. The lowest BCUT2D eigenvalue weighted by Gasteiger charge is -2.33. The summed E-state index contributed by atoms with van der Waals surface area (Å²) < 4.78 is 0. The van der Waals surface area contributed by atoms with E-state index in [9.17, 15) is 9.59 Å². The fourth-order valence-electron chi connectivity index (χ4n) is 4.11. The van der Waals surface area contributed by atoms with E-state index in [1.165, 1.54) is 32.1 Å². The zero-order valence-electron chi connectivity index (χ0n) is 15.5. The Morgan fingerprint density at radius 1 is 1.04 bits per heavy atom. The van der Waals surface area contributed by atoms with Crippen LogP contribution < -0.4 is 11.1 Å². The highest BCUT2D eigenvalue weighted by molar-refractivity contribution is 5.89. The molecule has 1 aromatic carbocycles. The smallest absolute Gasteiger partial charge is 0.321 e. The van der Waals surface area contributed by atoms with Crippen molar-refractivity contribution >= 4 is 17.6 Å². The third-order valence-corrected chi connectivity index (χ3v) is 5.47. The van der Waals surface area contributed by atoms with E-state index in [1.807, 2.05) is 29.2 Å². The van der Waals surface area contributed by atoms with Crippen molar-refractivity contribution in [2.24, 2.45) is 5.73 Å². The Kier molecular flexibility index (Phi) is 6.50. The van der Waals surface area contributed by atoms with Gasteiger partial charge in [0.2, 0.25) is 5.91 Å². The monoisotopic (exact) mass is 358 g/mol. The molecule has 3 N–H and O–H groups in total. The van der Waals surface area contributed by atoms with Gasteiger partial charge in [0, 0.05) is 37.9 Å². The molecule has 1 saturated heterocycles. The van der Waals surface area contributed by atoms with Crippen molar-refractivity contribution < 1.29 is 9.59 Å². The molecule has 0 spiro atoms. The largest absolute Gasteiger partial charge is 0.369 e. The topological polar surface area (TPSA) is 78.7 Å². The van der Waals surface area contributed by atoms with Crippen LogP contribution in [0, 0.1) is 0 Å². The number of hydrogen-bond donors (Lipinski definition) is 2. The van der Waals surface area contributed by atoms with Gasteiger partial charge >= 0.3 is 6.03 Å². The van der Waals surface area contributed by atoms with Crippen LogP contribution in [0.5, 0.6) is 0 Å². The molecule has 0 bridgehead atoms. The summed E-state index contributed by atoms with van der Waals surface area (Å²) in [6.07, 6.45) is 7.86. The molecule has 142 valence electrons. The molecule has 1 aliphatic heterocycles. The molecule has 26 heavy (non-hydrogen) atoms. The summed E-state index contributed by atoms with van der Waals surface area (Å²) in [6.45, 7) is 3.60. The second kappa shape index (κ2) is 9.03. The van der Waals surface area contributed by atoms with Crippen LogP contribution in [0.2, 0.25) is 0 Å². The van der Waals surface area contributed by atoms with E-state index < -0.39 is 0 Å². The Bertz CT molecular complexity index is 628. The average molecular weight is 358 g/mol. The minimum absolute atomic E-state index is 0.0632. The van der Waals surface area contributed by atoms with Crippen molar-refractivity contribution in [2.45, 2.75) is 51.0 Å². The quantitative estimate of drug-likeness (QED) is 0.868. The molecule has 0 atom stereocenters. The van der Waals surface area contributed by atoms with E-state index in [4.69, 9.17) is 5.73 Å². The first kappa shape index (κ1) is 18.7. The lowest BCUT2D eigenvalue weighted by Crippen LogP contribution is -2.41. The number of nitrogens with two attached hydrogens (primary N) is 1. The zero-order chi connectivity index (χ0) is 18.4. The zero-order valence-corrected chi connectivity index (χ0v) is 15.5. The Morgan fingerprint density at radius 3 is 2.62 bits per heavy atom. The summed E-state index contributed by atoms with van der Waals surface area (Å²) >= 11 is 0. The van der Waals surface area contributed by atoms with Crippen LogP contribution in [0.3, 0.4) is 0 Å². The van der Waals surface area contributed by atoms with Gasteiger partial charge in [0.15, 0.2) is 0 Å². The predicted octanol–water partition coefficient (Wildman–Crippen LogP) is 2.59. The van der Waals surface area contributed by atoms with Gasteiger partial charge in [0.05, 0.1) is 6.42 Å². The second-order valence-electron chi connectivity index (χ2n) is 7.44. The van der Waals surface area contributed by atoms with Crippen LogP contribution >= 0.6 is 0 Å². The molecule has 0 radical (unpaired) electrons. The van der Waals surface area contributed by atoms with Gasteiger partial charge in [-0.15, -0.1) is 0 Å². The van der Waals surface area contributed by atoms with E-state index >= 15 is 0 Å². The SMILES string of the molecule is NC(=O)Cc1cccc(NC(=O)N2CCCN(C3CCCCC3)CC2)c1. The highest BCUT2D eigenvalue weighted by Crippen LogP contribution is 2.23. The highest BCUT2D eigenvalue weighted by atomic mass is 16.2. The van der Waals surface area contributed by atoms with Gasteiger partial charge in [-0.3, -0.25) is 9.69 Å². The minimum atomic E-state index is -0.371. The molecule has 6 heteroatoms. The number of primary amides is 1. The number of amides is 3. The predicted molar refractivity (Wildman–Crippen MR) is 103 cm³/mol. The molecule has 3 rings (SSSR count). The standard InChI is InChI=1S/C20H30N4O2/c21-19(25)15-16-6-4-7-17(14-16)22-20(26)24-11-5-10-23(12-13-24)18-8-2-1-3-9-18/h4,6-7,14,18H,1-3,5,8-13,15H2,(H2,21,25)(H,22,26). The number of anilines is 1. The number of nitrogens with zero attached hydrogens (tertiary/aromatic N) is 2. The van der Waals surface area contributed by atoms with E-state index in [1.54, 1.807) is 0 Å². The molecule has 1 aliphatic carbocycles. The van der Waals surface area contributed by atoms with Crippen LogP contribution in [0.25, 0.3) is 0 Å². The first-order valence-electron chi connectivity index (χ1n) is 9.79. The van der Waals surface area contributed by atoms with Crippen molar-refractivity contribution in [3.05, 3.63) is 29.8 Å². The summed E-state index contributed by atoms with van der Waals surface area (Å²) in [7, 11) is 0. The number of benzene rings is 1. The summed E-state index contributed by atoms with van der Waals surface area (Å²) in [5.41, 5.74) is 6.77. The molecular weight excluding hydrogens is 328 g/mol. The fourth-order valence-corrected chi connectivity index (χ4v) is 4.11. The molecule has 1 aromatic rings. The summed E-state index contributed by atoms with van der Waals surface area (Å²) in [6, 6.07) is 7.97. The van der Waals surface area contributed by atoms with Gasteiger partial charge in [-0.05, 0) is 37.0 Å². The number of nitrogens with one attached hydrogen (secondary N) is 1. The van der Waals surface area contributed by atoms with E-state index in [-0.39, 0.29) is 18.4 Å². The molecule has 3 amide bonds. The van der Waals surface area contributed by atoms with Crippen molar-refractivity contribution in [3.8, 4) is 0 Å².